The van der Waals surface area contributed by atoms with Crippen LogP contribution in [0.5, 0.6) is 0 Å². The van der Waals surface area contributed by atoms with E-state index in [2.05, 4.69) is 15.4 Å². The summed E-state index contributed by atoms with van der Waals surface area (Å²) in [5.74, 6) is 0. The number of rotatable bonds is 4. The van der Waals surface area contributed by atoms with E-state index in [0.717, 1.165) is 12.8 Å². The fourth-order valence-electron chi connectivity index (χ4n) is 1.11. The first-order valence-corrected chi connectivity index (χ1v) is 4.65. The minimum absolute atomic E-state index is 0.105. The Morgan fingerprint density at radius 3 is 2.64 bits per heavy atom. The summed E-state index contributed by atoms with van der Waals surface area (Å²) in [7, 11) is 0. The predicted molar refractivity (Wildman–Crippen MR) is 49.7 cm³/mol. The van der Waals surface area contributed by atoms with Crippen LogP contribution in [0, 0.1) is 0 Å². The van der Waals surface area contributed by atoms with Gasteiger partial charge in [0.15, 0.2) is 0 Å². The van der Waals surface area contributed by atoms with Crippen molar-refractivity contribution in [2.24, 2.45) is 5.73 Å². The fraction of sp³-hybridized carbons (Fsp3) is 0.750. The molecule has 1 rings (SSSR count). The topological polar surface area (TPSA) is 93.5 Å². The molecule has 0 aromatic carbocycles. The molecule has 1 fully saturated rings. The van der Waals surface area contributed by atoms with Crippen LogP contribution in [-0.4, -0.2) is 31.3 Å². The molecule has 1 saturated carbocycles. The zero-order chi connectivity index (χ0) is 10.4. The van der Waals surface area contributed by atoms with Crippen LogP contribution in [0.15, 0.2) is 0 Å². The molecule has 1 aliphatic rings. The highest BCUT2D eigenvalue weighted by Gasteiger charge is 2.18. The standard InChI is InChI=1S/C8H15N3O3/c9-7(12)14-5-4-10-8(13)11-6-2-1-3-6/h6H,1-5H2,(H2,9,12)(H2,10,11,13). The van der Waals surface area contributed by atoms with Crippen LogP contribution in [0.2, 0.25) is 0 Å². The molecule has 14 heavy (non-hydrogen) atoms. The molecule has 80 valence electrons. The molecule has 6 nitrogen and oxygen atoms in total. The number of carbonyl (C=O) groups excluding carboxylic acids is 2. The number of carbonyl (C=O) groups is 2. The monoisotopic (exact) mass is 201 g/mol. The van der Waals surface area contributed by atoms with Gasteiger partial charge in [0.25, 0.3) is 0 Å². The second-order valence-electron chi connectivity index (χ2n) is 3.20. The van der Waals surface area contributed by atoms with Crippen LogP contribution in [0.25, 0.3) is 0 Å². The lowest BCUT2D eigenvalue weighted by atomic mass is 9.93. The largest absolute Gasteiger partial charge is 0.448 e. The van der Waals surface area contributed by atoms with Crippen molar-refractivity contribution >= 4 is 12.1 Å². The highest BCUT2D eigenvalue weighted by Crippen LogP contribution is 2.17. The van der Waals surface area contributed by atoms with Crippen molar-refractivity contribution in [2.45, 2.75) is 25.3 Å². The first-order chi connectivity index (χ1) is 6.68. The number of nitrogens with one attached hydrogen (secondary N) is 2. The molecule has 0 atom stereocenters. The fourth-order valence-corrected chi connectivity index (χ4v) is 1.11. The van der Waals surface area contributed by atoms with Crippen LogP contribution in [-0.2, 0) is 4.74 Å². The minimum Gasteiger partial charge on any atom is -0.448 e. The summed E-state index contributed by atoms with van der Waals surface area (Å²) in [5, 5.41) is 5.34. The van der Waals surface area contributed by atoms with Crippen LogP contribution < -0.4 is 16.4 Å². The molecule has 6 heteroatoms. The molecular weight excluding hydrogens is 186 g/mol. The molecule has 0 radical (unpaired) electrons. The average molecular weight is 201 g/mol. The zero-order valence-electron chi connectivity index (χ0n) is 7.91. The molecule has 0 unspecified atom stereocenters. The molecule has 0 aromatic heterocycles. The molecule has 0 aromatic rings. The third-order valence-electron chi connectivity index (χ3n) is 2.07. The van der Waals surface area contributed by atoms with E-state index >= 15 is 0 Å². The van der Waals surface area contributed by atoms with Crippen molar-refractivity contribution in [1.82, 2.24) is 10.6 Å². The quantitative estimate of drug-likeness (QED) is 0.556. The predicted octanol–water partition coefficient (Wildman–Crippen LogP) is -0.0666. The third-order valence-corrected chi connectivity index (χ3v) is 2.07. The van der Waals surface area contributed by atoms with Crippen molar-refractivity contribution < 1.29 is 14.3 Å². The van der Waals surface area contributed by atoms with Gasteiger partial charge >= 0.3 is 12.1 Å². The number of amides is 3. The van der Waals surface area contributed by atoms with Crippen LogP contribution in [0.4, 0.5) is 9.59 Å². The van der Waals surface area contributed by atoms with Gasteiger partial charge in [-0.2, -0.15) is 0 Å². The summed E-state index contributed by atoms with van der Waals surface area (Å²) in [6, 6.07) is 0.0924. The number of nitrogens with two attached hydrogens (primary N) is 1. The smallest absolute Gasteiger partial charge is 0.404 e. The Balaban J connectivity index is 1.94. The lowest BCUT2D eigenvalue weighted by molar-refractivity contribution is 0.156. The van der Waals surface area contributed by atoms with E-state index < -0.39 is 6.09 Å². The Kier molecular flexibility index (Phi) is 4.03. The number of hydrogen-bond donors (Lipinski definition) is 3. The van der Waals surface area contributed by atoms with Gasteiger partial charge in [0.05, 0.1) is 6.54 Å². The van der Waals surface area contributed by atoms with Gasteiger partial charge in [0.1, 0.15) is 6.61 Å². The normalized spacial score (nSPS) is 15.4. The van der Waals surface area contributed by atoms with Gasteiger partial charge in [-0.05, 0) is 19.3 Å². The first-order valence-electron chi connectivity index (χ1n) is 4.65. The van der Waals surface area contributed by atoms with E-state index in [0.29, 0.717) is 6.04 Å². The van der Waals surface area contributed by atoms with E-state index in [4.69, 9.17) is 5.73 Å². The molecule has 0 heterocycles. The maximum atomic E-state index is 11.1. The summed E-state index contributed by atoms with van der Waals surface area (Å²) in [6.45, 7) is 0.384. The Morgan fingerprint density at radius 1 is 1.43 bits per heavy atom. The molecule has 0 bridgehead atoms. The van der Waals surface area contributed by atoms with Gasteiger partial charge in [-0.15, -0.1) is 0 Å². The second-order valence-corrected chi connectivity index (χ2v) is 3.20. The molecule has 4 N–H and O–H groups in total. The van der Waals surface area contributed by atoms with Crippen LogP contribution in [0.3, 0.4) is 0 Å². The van der Waals surface area contributed by atoms with E-state index in [1.54, 1.807) is 0 Å². The van der Waals surface area contributed by atoms with Gasteiger partial charge < -0.3 is 21.1 Å². The number of primary amides is 1. The van der Waals surface area contributed by atoms with Gasteiger partial charge in [0, 0.05) is 6.04 Å². The van der Waals surface area contributed by atoms with Crippen molar-refractivity contribution in [3.05, 3.63) is 0 Å². The second kappa shape index (κ2) is 5.31. The Bertz CT molecular complexity index is 216. The Morgan fingerprint density at radius 2 is 2.14 bits per heavy atom. The third kappa shape index (κ3) is 3.97. The van der Waals surface area contributed by atoms with Gasteiger partial charge in [-0.3, -0.25) is 0 Å². The molecule has 0 saturated heterocycles. The van der Waals surface area contributed by atoms with Crippen molar-refractivity contribution in [2.75, 3.05) is 13.2 Å². The van der Waals surface area contributed by atoms with E-state index in [-0.39, 0.29) is 19.2 Å². The summed E-state index contributed by atoms with van der Waals surface area (Å²) < 4.78 is 4.43. The summed E-state index contributed by atoms with van der Waals surface area (Å²) in [6.07, 6.45) is 2.44. The molecule has 1 aliphatic carbocycles. The van der Waals surface area contributed by atoms with E-state index in [9.17, 15) is 9.59 Å². The average Bonchev–Trinajstić information content (AvgIpc) is 2.05. The summed E-state index contributed by atoms with van der Waals surface area (Å²) in [5.41, 5.74) is 4.73. The SMILES string of the molecule is NC(=O)OCCNC(=O)NC1CCC1. The molecular formula is C8H15N3O3. The molecule has 0 spiro atoms. The van der Waals surface area contributed by atoms with Crippen molar-refractivity contribution in [1.29, 1.82) is 0 Å². The highest BCUT2D eigenvalue weighted by molar-refractivity contribution is 5.74. The van der Waals surface area contributed by atoms with Gasteiger partial charge in [-0.1, -0.05) is 0 Å². The van der Waals surface area contributed by atoms with Gasteiger partial charge in [0.2, 0.25) is 0 Å². The van der Waals surface area contributed by atoms with Crippen LogP contribution >= 0.6 is 0 Å². The van der Waals surface area contributed by atoms with E-state index in [1.807, 2.05) is 0 Å². The molecule has 3 amide bonds. The highest BCUT2D eigenvalue weighted by atomic mass is 16.5. The number of urea groups is 1. The Hall–Kier alpha value is -1.46. The number of hydrogen-bond acceptors (Lipinski definition) is 3. The van der Waals surface area contributed by atoms with E-state index in [1.165, 1.54) is 6.42 Å². The van der Waals surface area contributed by atoms with Crippen molar-refractivity contribution in [3.63, 3.8) is 0 Å². The molecule has 0 aliphatic heterocycles. The lowest BCUT2D eigenvalue weighted by Crippen LogP contribution is -2.46. The van der Waals surface area contributed by atoms with Crippen molar-refractivity contribution in [3.8, 4) is 0 Å². The summed E-state index contributed by atoms with van der Waals surface area (Å²) in [4.78, 5) is 21.2. The first kappa shape index (κ1) is 10.6. The minimum atomic E-state index is -0.828. The maximum Gasteiger partial charge on any atom is 0.404 e. The Labute approximate surface area is 82.2 Å². The summed E-state index contributed by atoms with van der Waals surface area (Å²) >= 11 is 0. The van der Waals surface area contributed by atoms with Gasteiger partial charge in [-0.25, -0.2) is 9.59 Å². The zero-order valence-corrected chi connectivity index (χ0v) is 7.91. The maximum absolute atomic E-state index is 11.1. The lowest BCUT2D eigenvalue weighted by Gasteiger charge is -2.26. The number of ether oxygens (including phenoxy) is 1. The van der Waals surface area contributed by atoms with Crippen LogP contribution in [0.1, 0.15) is 19.3 Å².